The number of likely N-dealkylation sites (tertiary alicyclic amines) is 1. The van der Waals surface area contributed by atoms with E-state index in [0.717, 1.165) is 41.3 Å². The molecule has 0 aliphatic carbocycles. The van der Waals surface area contributed by atoms with Gasteiger partial charge in [0.1, 0.15) is 5.52 Å². The van der Waals surface area contributed by atoms with Crippen molar-refractivity contribution in [3.05, 3.63) is 47.9 Å². The van der Waals surface area contributed by atoms with E-state index in [2.05, 4.69) is 19.9 Å². The fourth-order valence-corrected chi connectivity index (χ4v) is 3.67. The summed E-state index contributed by atoms with van der Waals surface area (Å²) in [4.78, 5) is 27.6. The van der Waals surface area contributed by atoms with Crippen molar-refractivity contribution in [1.82, 2.24) is 24.4 Å². The Hall–Kier alpha value is -3.16. The monoisotopic (exact) mass is 394 g/mol. The number of nitrogens with one attached hydrogen (secondary N) is 1. The van der Waals surface area contributed by atoms with Gasteiger partial charge >= 0.3 is 6.09 Å². The van der Waals surface area contributed by atoms with Crippen LogP contribution in [0.25, 0.3) is 11.2 Å². The van der Waals surface area contributed by atoms with Crippen LogP contribution in [0.4, 0.5) is 10.7 Å². The number of hydrogen-bond acceptors (Lipinski definition) is 6. The van der Waals surface area contributed by atoms with Crippen LogP contribution in [0, 0.1) is 6.92 Å². The summed E-state index contributed by atoms with van der Waals surface area (Å²) in [6.07, 6.45) is 3.25. The van der Waals surface area contributed by atoms with Crippen LogP contribution < -0.4 is 5.32 Å². The van der Waals surface area contributed by atoms with Crippen LogP contribution in [-0.2, 0) is 11.3 Å². The molecule has 1 aliphatic rings. The van der Waals surface area contributed by atoms with Crippen molar-refractivity contribution in [1.29, 1.82) is 0 Å². The van der Waals surface area contributed by atoms with E-state index in [9.17, 15) is 4.79 Å². The SMILES string of the molecule is CCOC(=O)N1CCC(Nc2nc3cccnc3n2Cc2cccc(C)n2)CC1. The molecule has 0 radical (unpaired) electrons. The first-order valence-corrected chi connectivity index (χ1v) is 10.1. The molecule has 8 heteroatoms. The largest absolute Gasteiger partial charge is 0.450 e. The molecule has 0 spiro atoms. The number of hydrogen-bond donors (Lipinski definition) is 1. The maximum Gasteiger partial charge on any atom is 0.409 e. The fourth-order valence-electron chi connectivity index (χ4n) is 3.67. The molecule has 8 nitrogen and oxygen atoms in total. The lowest BCUT2D eigenvalue weighted by Gasteiger charge is -2.31. The molecule has 0 unspecified atom stereocenters. The highest BCUT2D eigenvalue weighted by molar-refractivity contribution is 5.74. The predicted molar refractivity (Wildman–Crippen MR) is 111 cm³/mol. The molecular formula is C21H26N6O2. The Morgan fingerprint density at radius 1 is 1.21 bits per heavy atom. The second-order valence-electron chi connectivity index (χ2n) is 7.24. The van der Waals surface area contributed by atoms with E-state index in [1.807, 2.05) is 44.2 Å². The first-order chi connectivity index (χ1) is 14.1. The van der Waals surface area contributed by atoms with Crippen molar-refractivity contribution < 1.29 is 9.53 Å². The summed E-state index contributed by atoms with van der Waals surface area (Å²) < 4.78 is 7.18. The highest BCUT2D eigenvalue weighted by atomic mass is 16.6. The van der Waals surface area contributed by atoms with Gasteiger partial charge in [-0.1, -0.05) is 6.07 Å². The molecule has 1 fully saturated rings. The second kappa shape index (κ2) is 8.46. The van der Waals surface area contributed by atoms with Crippen LogP contribution in [0.2, 0.25) is 0 Å². The number of piperidine rings is 1. The van der Waals surface area contributed by atoms with E-state index < -0.39 is 0 Å². The van der Waals surface area contributed by atoms with Crippen LogP contribution in [0.1, 0.15) is 31.2 Å². The van der Waals surface area contributed by atoms with Crippen LogP contribution in [-0.4, -0.2) is 56.3 Å². The lowest BCUT2D eigenvalue weighted by molar-refractivity contribution is 0.0983. The number of fused-ring (bicyclic) bond motifs is 1. The highest BCUT2D eigenvalue weighted by Gasteiger charge is 2.25. The van der Waals surface area contributed by atoms with E-state index in [-0.39, 0.29) is 12.1 Å². The number of rotatable bonds is 5. The van der Waals surface area contributed by atoms with Gasteiger partial charge in [0.2, 0.25) is 5.95 Å². The standard InChI is InChI=1S/C21H26N6O2/c1-3-29-21(28)26-12-9-16(10-13-26)24-20-25-18-8-5-11-22-19(18)27(20)14-17-7-4-6-15(2)23-17/h4-8,11,16H,3,9-10,12-14H2,1-2H3,(H,24,25). The number of pyridine rings is 2. The third-order valence-electron chi connectivity index (χ3n) is 5.12. The lowest BCUT2D eigenvalue weighted by atomic mass is 10.1. The van der Waals surface area contributed by atoms with Crippen LogP contribution in [0.3, 0.4) is 0 Å². The molecule has 4 rings (SSSR count). The summed E-state index contributed by atoms with van der Waals surface area (Å²) in [5.41, 5.74) is 3.64. The second-order valence-corrected chi connectivity index (χ2v) is 7.24. The Balaban J connectivity index is 1.52. The van der Waals surface area contributed by atoms with E-state index in [4.69, 9.17) is 9.72 Å². The van der Waals surface area contributed by atoms with Crippen molar-refractivity contribution in [3.63, 3.8) is 0 Å². The number of anilines is 1. The average Bonchev–Trinajstić information content (AvgIpc) is 3.06. The average molecular weight is 394 g/mol. The lowest BCUT2D eigenvalue weighted by Crippen LogP contribution is -2.42. The minimum absolute atomic E-state index is 0.229. The van der Waals surface area contributed by atoms with Crippen LogP contribution in [0.15, 0.2) is 36.5 Å². The number of imidazole rings is 1. The van der Waals surface area contributed by atoms with E-state index in [0.29, 0.717) is 26.2 Å². The predicted octanol–water partition coefficient (Wildman–Crippen LogP) is 3.22. The molecule has 3 aromatic heterocycles. The molecule has 0 saturated carbocycles. The molecule has 1 N–H and O–H groups in total. The van der Waals surface area contributed by atoms with Crippen molar-refractivity contribution >= 4 is 23.2 Å². The van der Waals surface area contributed by atoms with Gasteiger partial charge in [-0.15, -0.1) is 0 Å². The van der Waals surface area contributed by atoms with Gasteiger partial charge in [0.25, 0.3) is 0 Å². The zero-order valence-corrected chi connectivity index (χ0v) is 16.8. The molecule has 1 aliphatic heterocycles. The van der Waals surface area contributed by atoms with Crippen LogP contribution in [0.5, 0.6) is 0 Å². The number of amides is 1. The van der Waals surface area contributed by atoms with Gasteiger partial charge < -0.3 is 15.0 Å². The molecule has 29 heavy (non-hydrogen) atoms. The molecular weight excluding hydrogens is 368 g/mol. The Bertz CT molecular complexity index is 994. The highest BCUT2D eigenvalue weighted by Crippen LogP contribution is 2.22. The van der Waals surface area contributed by atoms with Crippen molar-refractivity contribution in [2.75, 3.05) is 25.0 Å². The summed E-state index contributed by atoms with van der Waals surface area (Å²) >= 11 is 0. The normalized spacial score (nSPS) is 14.9. The Morgan fingerprint density at radius 3 is 2.79 bits per heavy atom. The van der Waals surface area contributed by atoms with E-state index in [1.54, 1.807) is 11.1 Å². The van der Waals surface area contributed by atoms with Gasteiger partial charge in [0.15, 0.2) is 5.65 Å². The van der Waals surface area contributed by atoms with Gasteiger partial charge in [-0.05, 0) is 51.0 Å². The third kappa shape index (κ3) is 4.31. The molecule has 1 amide bonds. The molecule has 0 atom stereocenters. The Kier molecular flexibility index (Phi) is 5.59. The van der Waals surface area contributed by atoms with Gasteiger partial charge in [-0.3, -0.25) is 9.55 Å². The molecule has 4 heterocycles. The maximum absolute atomic E-state index is 11.9. The van der Waals surface area contributed by atoms with Gasteiger partial charge in [-0.25, -0.2) is 14.8 Å². The van der Waals surface area contributed by atoms with Crippen LogP contribution >= 0.6 is 0 Å². The van der Waals surface area contributed by atoms with E-state index in [1.165, 1.54) is 0 Å². The minimum atomic E-state index is -0.229. The topological polar surface area (TPSA) is 85.2 Å². The fraction of sp³-hybridized carbons (Fsp3) is 0.429. The van der Waals surface area contributed by atoms with Gasteiger partial charge in [0, 0.05) is 31.0 Å². The number of carbonyl (C=O) groups is 1. The smallest absolute Gasteiger partial charge is 0.409 e. The Labute approximate surface area is 169 Å². The third-order valence-corrected chi connectivity index (χ3v) is 5.12. The van der Waals surface area contributed by atoms with Crippen molar-refractivity contribution in [3.8, 4) is 0 Å². The molecule has 152 valence electrons. The molecule has 3 aromatic rings. The maximum atomic E-state index is 11.9. The molecule has 0 aromatic carbocycles. The summed E-state index contributed by atoms with van der Waals surface area (Å²) in [5.74, 6) is 0.789. The van der Waals surface area contributed by atoms with Gasteiger partial charge in [0.05, 0.1) is 18.8 Å². The Morgan fingerprint density at radius 2 is 2.03 bits per heavy atom. The summed E-state index contributed by atoms with van der Waals surface area (Å²) in [7, 11) is 0. The summed E-state index contributed by atoms with van der Waals surface area (Å²) in [6.45, 7) is 6.17. The molecule has 1 saturated heterocycles. The quantitative estimate of drug-likeness (QED) is 0.715. The van der Waals surface area contributed by atoms with E-state index >= 15 is 0 Å². The number of ether oxygens (including phenoxy) is 1. The minimum Gasteiger partial charge on any atom is -0.450 e. The zero-order valence-electron chi connectivity index (χ0n) is 16.8. The number of aromatic nitrogens is 4. The summed E-state index contributed by atoms with van der Waals surface area (Å²) in [6, 6.07) is 10.1. The summed E-state index contributed by atoms with van der Waals surface area (Å²) in [5, 5.41) is 3.57. The van der Waals surface area contributed by atoms with Crippen molar-refractivity contribution in [2.24, 2.45) is 0 Å². The molecule has 0 bridgehead atoms. The zero-order chi connectivity index (χ0) is 20.2. The van der Waals surface area contributed by atoms with Crippen molar-refractivity contribution in [2.45, 2.75) is 39.3 Å². The first kappa shape index (κ1) is 19.2. The van der Waals surface area contributed by atoms with Gasteiger partial charge in [-0.2, -0.15) is 0 Å². The number of nitrogens with zero attached hydrogens (tertiary/aromatic N) is 5. The first-order valence-electron chi connectivity index (χ1n) is 10.1. The number of aryl methyl sites for hydroxylation is 1. The number of carbonyl (C=O) groups excluding carboxylic acids is 1.